The molecule has 2 aromatic rings. The first-order chi connectivity index (χ1) is 11.5. The number of nitrogens with zero attached hydrogens (tertiary/aromatic N) is 3. The molecule has 0 saturated heterocycles. The fourth-order valence-electron chi connectivity index (χ4n) is 1.69. The summed E-state index contributed by atoms with van der Waals surface area (Å²) in [5, 5.41) is 4.05. The molecule has 1 aromatic carbocycles. The molecule has 0 fully saturated rings. The number of likely N-dealkylation sites (N-methyl/N-ethyl adjacent to an activating group) is 1. The van der Waals surface area contributed by atoms with Gasteiger partial charge in [-0.25, -0.2) is 0 Å². The van der Waals surface area contributed by atoms with E-state index >= 15 is 0 Å². The smallest absolute Gasteiger partial charge is 0.124 e. The predicted octanol–water partition coefficient (Wildman–Crippen LogP) is 2.09. The van der Waals surface area contributed by atoms with E-state index in [0.717, 1.165) is 7.05 Å². The van der Waals surface area contributed by atoms with E-state index in [1.54, 1.807) is 43.4 Å². The van der Waals surface area contributed by atoms with E-state index < -0.39 is 26.2 Å². The van der Waals surface area contributed by atoms with Crippen LogP contribution in [0.2, 0.25) is 0 Å². The van der Waals surface area contributed by atoms with Crippen LogP contribution in [-0.2, 0) is 11.8 Å². The summed E-state index contributed by atoms with van der Waals surface area (Å²) < 4.78 is 54.1. The van der Waals surface area contributed by atoms with Gasteiger partial charge in [0.15, 0.2) is 0 Å². The standard InChI is InChI=1S/C15H21N3O/c1-17(2)11-12-19-15(13-7-5-4-6-8-13)14-9-10-16-18(14)3/h4-10,15H,11-12H2,1-3H3/i1D3,11D2,15D. The molecule has 0 bridgehead atoms. The van der Waals surface area contributed by atoms with Crippen molar-refractivity contribution in [3.8, 4) is 0 Å². The molecular formula is C15H21N3O. The van der Waals surface area contributed by atoms with Crippen molar-refractivity contribution in [2.45, 2.75) is 6.08 Å². The van der Waals surface area contributed by atoms with E-state index in [1.807, 2.05) is 0 Å². The van der Waals surface area contributed by atoms with Gasteiger partial charge in [0.05, 0.1) is 13.7 Å². The summed E-state index contributed by atoms with van der Waals surface area (Å²) in [6, 6.07) is 10.3. The Hall–Kier alpha value is -1.65. The molecule has 0 amide bonds. The largest absolute Gasteiger partial charge is 0.366 e. The highest BCUT2D eigenvalue weighted by Gasteiger charge is 2.17. The summed E-state index contributed by atoms with van der Waals surface area (Å²) in [5.41, 5.74) is 0.900. The number of ether oxygens (including phenoxy) is 1. The molecule has 0 radical (unpaired) electrons. The van der Waals surface area contributed by atoms with Crippen molar-refractivity contribution >= 4 is 0 Å². The SMILES string of the molecule is [2H]C(OCC([2H])([2H])N(C)C([2H])([2H])[2H])(c1ccccc1)c1ccnn1C. The number of benzene rings is 1. The molecule has 4 heteroatoms. The van der Waals surface area contributed by atoms with Crippen LogP contribution in [0.3, 0.4) is 0 Å². The molecule has 2 rings (SSSR count). The first-order valence-electron chi connectivity index (χ1n) is 8.90. The molecule has 0 spiro atoms. The van der Waals surface area contributed by atoms with E-state index in [9.17, 15) is 0 Å². The maximum absolute atomic E-state index is 8.83. The van der Waals surface area contributed by atoms with Crippen LogP contribution < -0.4 is 0 Å². The highest BCUT2D eigenvalue weighted by Crippen LogP contribution is 2.25. The second kappa shape index (κ2) is 6.50. The topological polar surface area (TPSA) is 30.3 Å². The maximum Gasteiger partial charge on any atom is 0.124 e. The molecule has 1 heterocycles. The van der Waals surface area contributed by atoms with Crippen molar-refractivity contribution in [2.24, 2.45) is 7.05 Å². The van der Waals surface area contributed by atoms with Gasteiger partial charge in [-0.3, -0.25) is 4.68 Å². The lowest BCUT2D eigenvalue weighted by molar-refractivity contribution is 0.0638. The van der Waals surface area contributed by atoms with Crippen LogP contribution in [0.15, 0.2) is 42.6 Å². The van der Waals surface area contributed by atoms with E-state index in [2.05, 4.69) is 5.10 Å². The van der Waals surface area contributed by atoms with Gasteiger partial charge in [-0.05, 0) is 25.7 Å². The van der Waals surface area contributed by atoms with Crippen LogP contribution in [0.4, 0.5) is 0 Å². The van der Waals surface area contributed by atoms with Gasteiger partial charge in [0.1, 0.15) is 6.08 Å². The average molecular weight is 265 g/mol. The summed E-state index contributed by atoms with van der Waals surface area (Å²) in [5.74, 6) is 0. The fourth-order valence-corrected chi connectivity index (χ4v) is 1.69. The lowest BCUT2D eigenvalue weighted by Gasteiger charge is -2.20. The minimum absolute atomic E-state index is 0.408. The summed E-state index contributed by atoms with van der Waals surface area (Å²) in [7, 11) is 2.82. The van der Waals surface area contributed by atoms with Gasteiger partial charge >= 0.3 is 0 Å². The third kappa shape index (κ3) is 3.66. The number of hydrogen-bond acceptors (Lipinski definition) is 3. The Balaban J connectivity index is 2.35. The van der Waals surface area contributed by atoms with Crippen LogP contribution in [0, 0.1) is 0 Å². The van der Waals surface area contributed by atoms with Crippen LogP contribution in [0.1, 0.15) is 25.6 Å². The van der Waals surface area contributed by atoms with Crippen molar-refractivity contribution in [3.05, 3.63) is 53.9 Å². The van der Waals surface area contributed by atoms with Crippen molar-refractivity contribution < 1.29 is 13.0 Å². The Labute approximate surface area is 123 Å². The van der Waals surface area contributed by atoms with Crippen LogP contribution in [0.25, 0.3) is 0 Å². The van der Waals surface area contributed by atoms with Gasteiger partial charge in [0, 0.05) is 26.6 Å². The van der Waals surface area contributed by atoms with Gasteiger partial charge in [-0.15, -0.1) is 0 Å². The van der Waals surface area contributed by atoms with Gasteiger partial charge in [-0.1, -0.05) is 30.3 Å². The highest BCUT2D eigenvalue weighted by atomic mass is 16.5. The summed E-state index contributed by atoms with van der Waals surface area (Å²) in [4.78, 5) is 0.620. The van der Waals surface area contributed by atoms with Gasteiger partial charge in [0.2, 0.25) is 0 Å². The molecule has 0 aliphatic carbocycles. The summed E-state index contributed by atoms with van der Waals surface area (Å²) in [6.45, 7) is -5.51. The Kier molecular flexibility index (Phi) is 2.67. The molecule has 0 aliphatic rings. The Morgan fingerprint density at radius 2 is 2.26 bits per heavy atom. The predicted molar refractivity (Wildman–Crippen MR) is 76.0 cm³/mol. The fraction of sp³-hybridized carbons (Fsp3) is 0.400. The van der Waals surface area contributed by atoms with Crippen LogP contribution >= 0.6 is 0 Å². The first-order valence-corrected chi connectivity index (χ1v) is 5.90. The highest BCUT2D eigenvalue weighted by molar-refractivity contribution is 5.25. The quantitative estimate of drug-likeness (QED) is 0.801. The minimum atomic E-state index is -2.61. The second-order valence-electron chi connectivity index (χ2n) is 4.04. The summed E-state index contributed by atoms with van der Waals surface area (Å²) >= 11 is 0. The third-order valence-electron chi connectivity index (χ3n) is 2.61. The monoisotopic (exact) mass is 265 g/mol. The number of rotatable bonds is 6. The molecule has 19 heavy (non-hydrogen) atoms. The van der Waals surface area contributed by atoms with E-state index in [4.69, 9.17) is 13.0 Å². The minimum Gasteiger partial charge on any atom is -0.366 e. The van der Waals surface area contributed by atoms with E-state index in [-0.39, 0.29) is 0 Å². The molecule has 102 valence electrons. The molecule has 1 unspecified atom stereocenters. The van der Waals surface area contributed by atoms with Gasteiger partial charge in [-0.2, -0.15) is 5.10 Å². The maximum atomic E-state index is 8.83. The zero-order chi connectivity index (χ0) is 18.9. The van der Waals surface area contributed by atoms with Gasteiger partial charge < -0.3 is 9.64 Å². The zero-order valence-electron chi connectivity index (χ0n) is 17.0. The van der Waals surface area contributed by atoms with Gasteiger partial charge in [0.25, 0.3) is 0 Å². The zero-order valence-corrected chi connectivity index (χ0v) is 11.0. The van der Waals surface area contributed by atoms with Crippen molar-refractivity contribution in [2.75, 3.05) is 27.1 Å². The molecule has 4 nitrogen and oxygen atoms in total. The van der Waals surface area contributed by atoms with Crippen molar-refractivity contribution in [1.29, 1.82) is 0 Å². The third-order valence-corrected chi connectivity index (χ3v) is 2.61. The first kappa shape index (κ1) is 7.82. The van der Waals surface area contributed by atoms with Crippen molar-refractivity contribution in [1.82, 2.24) is 14.7 Å². The number of aromatic nitrogens is 2. The molecule has 1 aromatic heterocycles. The molecular weight excluding hydrogens is 238 g/mol. The Bertz CT molecular complexity index is 703. The Morgan fingerprint density at radius 3 is 2.89 bits per heavy atom. The lowest BCUT2D eigenvalue weighted by atomic mass is 10.1. The molecule has 1 atom stereocenters. The Morgan fingerprint density at radius 1 is 1.47 bits per heavy atom. The number of hydrogen-bond donors (Lipinski definition) is 0. The van der Waals surface area contributed by atoms with Crippen molar-refractivity contribution in [3.63, 3.8) is 0 Å². The normalized spacial score (nSPS) is 20.6. The molecule has 0 N–H and O–H groups in total. The van der Waals surface area contributed by atoms with E-state index in [1.165, 1.54) is 10.9 Å². The average Bonchev–Trinajstić information content (AvgIpc) is 2.98. The second-order valence-corrected chi connectivity index (χ2v) is 4.04. The molecule has 0 aliphatic heterocycles. The van der Waals surface area contributed by atoms with Crippen LogP contribution in [-0.4, -0.2) is 41.8 Å². The summed E-state index contributed by atoms with van der Waals surface area (Å²) in [6.07, 6.45) is -0.205. The number of aryl methyl sites for hydroxylation is 1. The molecule has 0 saturated carbocycles. The lowest BCUT2D eigenvalue weighted by Crippen LogP contribution is -2.20. The van der Waals surface area contributed by atoms with E-state index in [0.29, 0.717) is 16.2 Å². The van der Waals surface area contributed by atoms with Crippen LogP contribution in [0.5, 0.6) is 0 Å².